The molecule has 0 radical (unpaired) electrons. The Morgan fingerprint density at radius 2 is 2.11 bits per heavy atom. The second-order valence-corrected chi connectivity index (χ2v) is 4.94. The first kappa shape index (κ1) is 13.5. The minimum absolute atomic E-state index is 0.0172. The summed E-state index contributed by atoms with van der Waals surface area (Å²) in [7, 11) is 1.63. The lowest BCUT2D eigenvalue weighted by Crippen LogP contribution is -2.09. The highest BCUT2D eigenvalue weighted by Crippen LogP contribution is 2.31. The molecule has 19 heavy (non-hydrogen) atoms. The number of rotatable bonds is 6. The number of nitrogens with zero attached hydrogens (tertiary/aromatic N) is 1. The van der Waals surface area contributed by atoms with Crippen molar-refractivity contribution in [2.45, 2.75) is 12.8 Å². The number of carbonyl (C=O) groups excluding carboxylic acids is 1. The number of aromatic nitrogens is 1. The minimum atomic E-state index is 0.0172. The molecule has 0 aliphatic heterocycles. The van der Waals surface area contributed by atoms with Gasteiger partial charge in [0.25, 0.3) is 6.47 Å². The van der Waals surface area contributed by atoms with Gasteiger partial charge in [0, 0.05) is 4.88 Å². The van der Waals surface area contributed by atoms with Crippen molar-refractivity contribution in [1.29, 1.82) is 0 Å². The maximum atomic E-state index is 10.4. The van der Waals surface area contributed by atoms with E-state index in [2.05, 4.69) is 4.98 Å². The Kier molecular flexibility index (Phi) is 4.52. The van der Waals surface area contributed by atoms with Gasteiger partial charge in [0.05, 0.1) is 24.2 Å². The van der Waals surface area contributed by atoms with Gasteiger partial charge in [-0.2, -0.15) is 0 Å². The Balaban J connectivity index is 2.31. The second kappa shape index (κ2) is 6.33. The molecule has 4 nitrogen and oxygen atoms in total. The highest BCUT2D eigenvalue weighted by atomic mass is 32.1. The van der Waals surface area contributed by atoms with Gasteiger partial charge in [-0.05, 0) is 24.6 Å². The van der Waals surface area contributed by atoms with E-state index in [-0.39, 0.29) is 5.92 Å². The number of benzene rings is 1. The van der Waals surface area contributed by atoms with Crippen molar-refractivity contribution in [3.8, 4) is 5.75 Å². The molecule has 2 aromatic rings. The van der Waals surface area contributed by atoms with Crippen LogP contribution in [0.15, 0.2) is 29.8 Å². The summed E-state index contributed by atoms with van der Waals surface area (Å²) in [6.45, 7) is 2.76. The molecule has 2 rings (SSSR count). The predicted octanol–water partition coefficient (Wildman–Crippen LogP) is 2.77. The van der Waals surface area contributed by atoms with Crippen molar-refractivity contribution in [2.24, 2.45) is 0 Å². The van der Waals surface area contributed by atoms with E-state index < -0.39 is 0 Å². The van der Waals surface area contributed by atoms with Gasteiger partial charge < -0.3 is 9.47 Å². The maximum Gasteiger partial charge on any atom is 0.293 e. The topological polar surface area (TPSA) is 48.4 Å². The molecule has 1 aromatic carbocycles. The fourth-order valence-electron chi connectivity index (χ4n) is 1.94. The zero-order valence-corrected chi connectivity index (χ0v) is 11.6. The van der Waals surface area contributed by atoms with E-state index in [1.807, 2.05) is 36.7 Å². The van der Waals surface area contributed by atoms with E-state index >= 15 is 0 Å². The van der Waals surface area contributed by atoms with Crippen molar-refractivity contribution >= 4 is 17.8 Å². The van der Waals surface area contributed by atoms with Gasteiger partial charge >= 0.3 is 0 Å². The van der Waals surface area contributed by atoms with Crippen LogP contribution in [0.1, 0.15) is 22.1 Å². The molecule has 0 saturated carbocycles. The maximum absolute atomic E-state index is 10.4. The molecule has 1 atom stereocenters. The van der Waals surface area contributed by atoms with E-state index in [0.29, 0.717) is 13.1 Å². The summed E-state index contributed by atoms with van der Waals surface area (Å²) in [4.78, 5) is 15.8. The van der Waals surface area contributed by atoms with Gasteiger partial charge in [0.1, 0.15) is 12.4 Å². The molecule has 1 unspecified atom stereocenters. The number of hydrogen-bond acceptors (Lipinski definition) is 5. The fourth-order valence-corrected chi connectivity index (χ4v) is 2.86. The highest BCUT2D eigenvalue weighted by Gasteiger charge is 2.19. The standard InChI is InChI=1S/C14H15NO3S/c1-10-14(19-8-15-10)13(7-18-9-16)11-3-5-12(17-2)6-4-11/h3-6,8-9,13H,7H2,1-2H3. The summed E-state index contributed by atoms with van der Waals surface area (Å²) in [5, 5.41) is 0. The van der Waals surface area contributed by atoms with Crippen molar-refractivity contribution in [3.63, 3.8) is 0 Å². The van der Waals surface area contributed by atoms with E-state index in [1.54, 1.807) is 18.4 Å². The van der Waals surface area contributed by atoms with Crippen LogP contribution in [0.4, 0.5) is 0 Å². The molecule has 0 N–H and O–H groups in total. The molecule has 0 aliphatic carbocycles. The molecule has 0 saturated heterocycles. The lowest BCUT2D eigenvalue weighted by Gasteiger charge is -2.15. The molecule has 100 valence electrons. The minimum Gasteiger partial charge on any atom is -0.497 e. The number of thiazole rings is 1. The lowest BCUT2D eigenvalue weighted by molar-refractivity contribution is -0.128. The fraction of sp³-hybridized carbons (Fsp3) is 0.286. The number of hydrogen-bond donors (Lipinski definition) is 0. The normalized spacial score (nSPS) is 11.9. The van der Waals surface area contributed by atoms with Crippen molar-refractivity contribution in [3.05, 3.63) is 45.9 Å². The number of carbonyl (C=O) groups is 1. The van der Waals surface area contributed by atoms with E-state index in [4.69, 9.17) is 9.47 Å². The largest absolute Gasteiger partial charge is 0.497 e. The third kappa shape index (κ3) is 3.12. The van der Waals surface area contributed by atoms with Gasteiger partial charge in [0.15, 0.2) is 0 Å². The third-order valence-electron chi connectivity index (χ3n) is 2.95. The first-order valence-corrected chi connectivity index (χ1v) is 6.73. The van der Waals surface area contributed by atoms with Gasteiger partial charge in [-0.1, -0.05) is 12.1 Å². The molecule has 0 aliphatic rings. The van der Waals surface area contributed by atoms with Crippen LogP contribution >= 0.6 is 11.3 Å². The molecule has 0 amide bonds. The summed E-state index contributed by atoms with van der Waals surface area (Å²) < 4.78 is 10.1. The van der Waals surface area contributed by atoms with Crippen LogP contribution < -0.4 is 4.74 Å². The molecule has 1 aromatic heterocycles. The summed E-state index contributed by atoms with van der Waals surface area (Å²) in [5.41, 5.74) is 3.86. The first-order chi connectivity index (χ1) is 9.26. The van der Waals surface area contributed by atoms with E-state index in [1.165, 1.54) is 0 Å². The molecule has 0 spiro atoms. The zero-order valence-electron chi connectivity index (χ0n) is 10.8. The Bertz CT molecular complexity index is 536. The molecule has 5 heteroatoms. The van der Waals surface area contributed by atoms with Crippen molar-refractivity contribution in [1.82, 2.24) is 4.98 Å². The van der Waals surface area contributed by atoms with Crippen LogP contribution in [0, 0.1) is 6.92 Å². The monoisotopic (exact) mass is 277 g/mol. The SMILES string of the molecule is COc1ccc(C(COC=O)c2scnc2C)cc1. The summed E-state index contributed by atoms with van der Waals surface area (Å²) in [6.07, 6.45) is 0. The van der Waals surface area contributed by atoms with Gasteiger partial charge in [-0.25, -0.2) is 4.98 Å². The summed E-state index contributed by atoms with van der Waals surface area (Å²) in [6, 6.07) is 7.77. The Hall–Kier alpha value is -1.88. The molecular formula is C14H15NO3S. The van der Waals surface area contributed by atoms with Gasteiger partial charge in [-0.3, -0.25) is 4.79 Å². The van der Waals surface area contributed by atoms with Crippen LogP contribution in [0.5, 0.6) is 5.75 Å². The predicted molar refractivity (Wildman–Crippen MR) is 73.7 cm³/mol. The quantitative estimate of drug-likeness (QED) is 0.762. The molecule has 0 fully saturated rings. The number of aryl methyl sites for hydroxylation is 1. The number of ether oxygens (including phenoxy) is 2. The second-order valence-electron chi connectivity index (χ2n) is 4.06. The lowest BCUT2D eigenvalue weighted by atomic mass is 9.97. The Morgan fingerprint density at radius 1 is 1.37 bits per heavy atom. The average Bonchev–Trinajstić information content (AvgIpc) is 2.86. The smallest absolute Gasteiger partial charge is 0.293 e. The van der Waals surface area contributed by atoms with Gasteiger partial charge in [-0.15, -0.1) is 11.3 Å². The van der Waals surface area contributed by atoms with Gasteiger partial charge in [0.2, 0.25) is 0 Å². The Labute approximate surface area is 116 Å². The zero-order chi connectivity index (χ0) is 13.7. The molecule has 1 heterocycles. The summed E-state index contributed by atoms with van der Waals surface area (Å²) in [5.74, 6) is 0.823. The van der Waals surface area contributed by atoms with Crippen LogP contribution in [0.3, 0.4) is 0 Å². The first-order valence-electron chi connectivity index (χ1n) is 5.85. The third-order valence-corrected chi connectivity index (χ3v) is 3.99. The summed E-state index contributed by atoms with van der Waals surface area (Å²) >= 11 is 1.57. The average molecular weight is 277 g/mol. The molecular weight excluding hydrogens is 262 g/mol. The van der Waals surface area contributed by atoms with E-state index in [9.17, 15) is 4.79 Å². The highest BCUT2D eigenvalue weighted by molar-refractivity contribution is 7.09. The van der Waals surface area contributed by atoms with Crippen LogP contribution in [-0.2, 0) is 9.53 Å². The van der Waals surface area contributed by atoms with Crippen molar-refractivity contribution < 1.29 is 14.3 Å². The van der Waals surface area contributed by atoms with Crippen LogP contribution in [0.25, 0.3) is 0 Å². The number of methoxy groups -OCH3 is 1. The molecule has 0 bridgehead atoms. The van der Waals surface area contributed by atoms with Crippen molar-refractivity contribution in [2.75, 3.05) is 13.7 Å². The Morgan fingerprint density at radius 3 is 2.63 bits per heavy atom. The van der Waals surface area contributed by atoms with Crippen LogP contribution in [0.2, 0.25) is 0 Å². The van der Waals surface area contributed by atoms with E-state index in [0.717, 1.165) is 21.9 Å². The van der Waals surface area contributed by atoms with Crippen LogP contribution in [-0.4, -0.2) is 25.2 Å².